The van der Waals surface area contributed by atoms with E-state index in [0.29, 0.717) is 0 Å². The lowest BCUT2D eigenvalue weighted by Crippen LogP contribution is -2.33. The van der Waals surface area contributed by atoms with Crippen molar-refractivity contribution in [1.82, 2.24) is 10.2 Å². The Morgan fingerprint density at radius 2 is 1.95 bits per heavy atom. The topological polar surface area (TPSA) is 32.3 Å². The molecule has 0 saturated carbocycles. The van der Waals surface area contributed by atoms with Crippen LogP contribution in [0.1, 0.15) is 18.7 Å². The van der Waals surface area contributed by atoms with Gasteiger partial charge in [0.1, 0.15) is 6.17 Å². The zero-order chi connectivity index (χ0) is 14.8. The van der Waals surface area contributed by atoms with E-state index in [4.69, 9.17) is 0 Å². The lowest BCUT2D eigenvalue weighted by atomic mass is 10.1. The lowest BCUT2D eigenvalue weighted by molar-refractivity contribution is -0.129. The molecule has 1 aromatic carbocycles. The highest BCUT2D eigenvalue weighted by atomic mass is 32.2. The summed E-state index contributed by atoms with van der Waals surface area (Å²) in [6.45, 7) is 1.79. The van der Waals surface area contributed by atoms with Crippen LogP contribution in [-0.4, -0.2) is 34.7 Å². The van der Waals surface area contributed by atoms with Crippen molar-refractivity contribution < 1.29 is 18.0 Å². The van der Waals surface area contributed by atoms with Crippen LogP contribution >= 0.6 is 11.8 Å². The Morgan fingerprint density at radius 3 is 2.55 bits per heavy atom. The molecule has 110 valence electrons. The third-order valence-corrected chi connectivity index (χ3v) is 3.80. The van der Waals surface area contributed by atoms with Gasteiger partial charge in [0, 0.05) is 12.3 Å². The fraction of sp³-hybridized carbons (Fsp3) is 0.462. The Bertz CT molecular complexity index is 466. The monoisotopic (exact) mass is 304 g/mol. The molecule has 0 aliphatic carbocycles. The van der Waals surface area contributed by atoms with Gasteiger partial charge in [-0.05, 0) is 24.2 Å². The van der Waals surface area contributed by atoms with E-state index in [-0.39, 0.29) is 42.2 Å². The molecule has 0 bridgehead atoms. The van der Waals surface area contributed by atoms with Crippen LogP contribution in [0.5, 0.6) is 0 Å². The highest BCUT2D eigenvalue weighted by Gasteiger charge is 2.37. The first kappa shape index (κ1) is 15.2. The standard InChI is InChI=1S/C13H15F3N2OS/c1-9-12(19)18(7-8-20-13(14,15)16)11(17-9)10-5-3-2-4-6-10/h2-6,9,11,17H,7-8H2,1H3. The molecule has 1 amide bonds. The molecule has 0 spiro atoms. The van der Waals surface area contributed by atoms with Crippen molar-refractivity contribution in [2.24, 2.45) is 0 Å². The number of rotatable bonds is 4. The van der Waals surface area contributed by atoms with Crippen LogP contribution in [0.15, 0.2) is 30.3 Å². The summed E-state index contributed by atoms with van der Waals surface area (Å²) in [4.78, 5) is 13.5. The number of hydrogen-bond donors (Lipinski definition) is 1. The van der Waals surface area contributed by atoms with Gasteiger partial charge >= 0.3 is 5.51 Å². The molecule has 0 radical (unpaired) electrons. The zero-order valence-electron chi connectivity index (χ0n) is 10.9. The Balaban J connectivity index is 2.05. The van der Waals surface area contributed by atoms with Gasteiger partial charge in [-0.2, -0.15) is 13.2 Å². The molecule has 3 nitrogen and oxygen atoms in total. The van der Waals surface area contributed by atoms with Gasteiger partial charge in [-0.3, -0.25) is 10.1 Å². The van der Waals surface area contributed by atoms with Crippen LogP contribution < -0.4 is 5.32 Å². The second kappa shape index (κ2) is 6.05. The number of amides is 1. The quantitative estimate of drug-likeness (QED) is 0.928. The van der Waals surface area contributed by atoms with Crippen molar-refractivity contribution >= 4 is 17.7 Å². The summed E-state index contributed by atoms with van der Waals surface area (Å²) < 4.78 is 36.5. The van der Waals surface area contributed by atoms with Crippen LogP contribution in [0, 0.1) is 0 Å². The Morgan fingerprint density at radius 1 is 1.30 bits per heavy atom. The molecule has 0 aromatic heterocycles. The number of benzene rings is 1. The number of halogens is 3. The Kier molecular flexibility index (Phi) is 4.59. The summed E-state index contributed by atoms with van der Waals surface area (Å²) in [6, 6.07) is 8.86. The van der Waals surface area contributed by atoms with E-state index in [1.165, 1.54) is 4.90 Å². The first-order valence-corrected chi connectivity index (χ1v) is 7.19. The number of hydrogen-bond acceptors (Lipinski definition) is 3. The van der Waals surface area contributed by atoms with E-state index in [0.717, 1.165) is 5.56 Å². The fourth-order valence-electron chi connectivity index (χ4n) is 2.18. The van der Waals surface area contributed by atoms with Crippen LogP contribution in [0.25, 0.3) is 0 Å². The van der Waals surface area contributed by atoms with Crippen molar-refractivity contribution in [2.45, 2.75) is 24.6 Å². The number of alkyl halides is 3. The molecule has 1 N–H and O–H groups in total. The number of thioether (sulfide) groups is 1. The first-order valence-electron chi connectivity index (χ1n) is 6.20. The van der Waals surface area contributed by atoms with E-state index < -0.39 is 5.51 Å². The predicted octanol–water partition coefficient (Wildman–Crippen LogP) is 2.76. The van der Waals surface area contributed by atoms with Crippen molar-refractivity contribution in [2.75, 3.05) is 12.3 Å². The molecule has 1 aromatic rings. The minimum absolute atomic E-state index is 0.0694. The first-order chi connectivity index (χ1) is 9.38. The van der Waals surface area contributed by atoms with E-state index >= 15 is 0 Å². The molecule has 1 saturated heterocycles. The second-order valence-corrected chi connectivity index (χ2v) is 5.69. The second-order valence-electron chi connectivity index (χ2n) is 4.53. The number of nitrogens with zero attached hydrogens (tertiary/aromatic N) is 1. The van der Waals surface area contributed by atoms with Crippen molar-refractivity contribution in [1.29, 1.82) is 0 Å². The van der Waals surface area contributed by atoms with Crippen LogP contribution in [0.3, 0.4) is 0 Å². The third-order valence-electron chi connectivity index (χ3n) is 3.09. The van der Waals surface area contributed by atoms with Crippen LogP contribution in [-0.2, 0) is 4.79 Å². The Hall–Kier alpha value is -1.21. The van der Waals surface area contributed by atoms with Crippen LogP contribution in [0.2, 0.25) is 0 Å². The van der Waals surface area contributed by atoms with E-state index in [9.17, 15) is 18.0 Å². The molecule has 1 fully saturated rings. The molecule has 2 rings (SSSR count). The maximum absolute atomic E-state index is 12.2. The number of carbonyl (C=O) groups excluding carboxylic acids is 1. The summed E-state index contributed by atoms with van der Waals surface area (Å²) in [5.41, 5.74) is -3.38. The molecular formula is C13H15F3N2OS. The minimum atomic E-state index is -4.26. The van der Waals surface area contributed by atoms with Crippen molar-refractivity contribution in [3.05, 3.63) is 35.9 Å². The molecule has 2 unspecified atom stereocenters. The average Bonchev–Trinajstić information content (AvgIpc) is 2.67. The van der Waals surface area contributed by atoms with Gasteiger partial charge in [0.25, 0.3) is 0 Å². The van der Waals surface area contributed by atoms with Crippen molar-refractivity contribution in [3.63, 3.8) is 0 Å². The highest BCUT2D eigenvalue weighted by molar-refractivity contribution is 8.00. The molecule has 20 heavy (non-hydrogen) atoms. The number of nitrogens with one attached hydrogen (secondary N) is 1. The van der Waals surface area contributed by atoms with Crippen molar-refractivity contribution in [3.8, 4) is 0 Å². The summed E-state index contributed by atoms with van der Waals surface area (Å²) in [5.74, 6) is -0.325. The van der Waals surface area contributed by atoms with E-state index in [1.807, 2.05) is 30.3 Å². The average molecular weight is 304 g/mol. The molecule has 1 aliphatic heterocycles. The fourth-order valence-corrected chi connectivity index (χ4v) is 2.70. The minimum Gasteiger partial charge on any atom is -0.321 e. The molecule has 2 atom stereocenters. The van der Waals surface area contributed by atoms with Gasteiger partial charge in [-0.1, -0.05) is 30.3 Å². The zero-order valence-corrected chi connectivity index (χ0v) is 11.7. The summed E-state index contributed by atoms with van der Waals surface area (Å²) >= 11 is -0.101. The predicted molar refractivity (Wildman–Crippen MR) is 72.0 cm³/mol. The smallest absolute Gasteiger partial charge is 0.321 e. The molecule has 1 aliphatic rings. The summed E-state index contributed by atoms with van der Waals surface area (Å²) in [7, 11) is 0. The summed E-state index contributed by atoms with van der Waals surface area (Å²) in [6.07, 6.45) is -0.354. The highest BCUT2D eigenvalue weighted by Crippen LogP contribution is 2.31. The SMILES string of the molecule is CC1NC(c2ccccc2)N(CCSC(F)(F)F)C1=O. The molecule has 7 heteroatoms. The van der Waals surface area contributed by atoms with Gasteiger partial charge in [0.15, 0.2) is 0 Å². The van der Waals surface area contributed by atoms with Crippen LogP contribution in [0.4, 0.5) is 13.2 Å². The maximum Gasteiger partial charge on any atom is 0.441 e. The van der Waals surface area contributed by atoms with Gasteiger partial charge in [-0.25, -0.2) is 0 Å². The largest absolute Gasteiger partial charge is 0.441 e. The third kappa shape index (κ3) is 3.67. The van der Waals surface area contributed by atoms with Gasteiger partial charge in [0.05, 0.1) is 6.04 Å². The summed E-state index contributed by atoms with van der Waals surface area (Å²) in [5, 5.41) is 3.10. The maximum atomic E-state index is 12.2. The normalized spacial score (nSPS) is 23.4. The number of carbonyl (C=O) groups is 1. The molecular weight excluding hydrogens is 289 g/mol. The van der Waals surface area contributed by atoms with Gasteiger partial charge in [0.2, 0.25) is 5.91 Å². The Labute approximate surface area is 119 Å². The van der Waals surface area contributed by atoms with E-state index in [1.54, 1.807) is 6.92 Å². The van der Waals surface area contributed by atoms with Gasteiger partial charge in [-0.15, -0.1) is 0 Å². The van der Waals surface area contributed by atoms with E-state index in [2.05, 4.69) is 5.32 Å². The van der Waals surface area contributed by atoms with Gasteiger partial charge < -0.3 is 4.90 Å². The molecule has 1 heterocycles. The lowest BCUT2D eigenvalue weighted by Gasteiger charge is -2.24.